The van der Waals surface area contributed by atoms with Crippen molar-refractivity contribution in [2.45, 2.75) is 13.8 Å². The molecule has 0 heterocycles. The van der Waals surface area contributed by atoms with Crippen molar-refractivity contribution in [3.05, 3.63) is 33.4 Å². The van der Waals surface area contributed by atoms with Gasteiger partial charge in [-0.15, -0.1) is 0 Å². The van der Waals surface area contributed by atoms with Gasteiger partial charge in [0.15, 0.2) is 5.78 Å². The number of nitrogen functional groups attached to an aromatic ring is 1. The Morgan fingerprint density at radius 3 is 2.50 bits per heavy atom. The van der Waals surface area contributed by atoms with E-state index >= 15 is 0 Å². The van der Waals surface area contributed by atoms with Crippen LogP contribution >= 0.6 is 0 Å². The summed E-state index contributed by atoms with van der Waals surface area (Å²) in [6.07, 6.45) is 0. The predicted octanol–water partition coefficient (Wildman–Crippen LogP) is 1.69. The third kappa shape index (κ3) is 1.56. The van der Waals surface area contributed by atoms with E-state index in [9.17, 15) is 14.9 Å². The lowest BCUT2D eigenvalue weighted by Gasteiger charge is -2.05. The van der Waals surface area contributed by atoms with Crippen molar-refractivity contribution in [1.82, 2.24) is 0 Å². The molecule has 0 atom stereocenters. The van der Waals surface area contributed by atoms with Crippen LogP contribution in [-0.4, -0.2) is 10.7 Å². The SMILES string of the molecule is CC(=O)c1c([N+](=O)[O-])ccc(C)c1N. The minimum Gasteiger partial charge on any atom is -0.398 e. The van der Waals surface area contributed by atoms with Crippen LogP contribution in [0.4, 0.5) is 11.4 Å². The Morgan fingerprint density at radius 2 is 2.07 bits per heavy atom. The summed E-state index contributed by atoms with van der Waals surface area (Å²) in [7, 11) is 0. The first-order chi connectivity index (χ1) is 6.45. The monoisotopic (exact) mass is 194 g/mol. The summed E-state index contributed by atoms with van der Waals surface area (Å²) in [5, 5.41) is 10.6. The lowest BCUT2D eigenvalue weighted by atomic mass is 10.0. The molecule has 5 nitrogen and oxygen atoms in total. The highest BCUT2D eigenvalue weighted by Crippen LogP contribution is 2.27. The maximum atomic E-state index is 11.2. The van der Waals surface area contributed by atoms with Crippen molar-refractivity contribution in [2.75, 3.05) is 5.73 Å². The van der Waals surface area contributed by atoms with Gasteiger partial charge in [-0.3, -0.25) is 14.9 Å². The molecule has 0 aliphatic carbocycles. The molecule has 0 saturated heterocycles. The van der Waals surface area contributed by atoms with Crippen LogP contribution in [0.3, 0.4) is 0 Å². The summed E-state index contributed by atoms with van der Waals surface area (Å²) in [6.45, 7) is 2.96. The highest BCUT2D eigenvalue weighted by molar-refractivity contribution is 6.03. The molecule has 14 heavy (non-hydrogen) atoms. The number of hydrogen-bond donors (Lipinski definition) is 1. The molecule has 74 valence electrons. The molecule has 0 aliphatic heterocycles. The number of benzene rings is 1. The summed E-state index contributed by atoms with van der Waals surface area (Å²) in [6, 6.07) is 2.82. The van der Waals surface area contributed by atoms with E-state index in [1.165, 1.54) is 19.1 Å². The van der Waals surface area contributed by atoms with Crippen molar-refractivity contribution >= 4 is 17.2 Å². The number of Topliss-reactive ketones (excluding diaryl/α,β-unsaturated/α-hetero) is 1. The maximum Gasteiger partial charge on any atom is 0.282 e. The highest BCUT2D eigenvalue weighted by atomic mass is 16.6. The van der Waals surface area contributed by atoms with Gasteiger partial charge in [0, 0.05) is 6.07 Å². The first kappa shape index (κ1) is 10.2. The van der Waals surface area contributed by atoms with E-state index in [1.807, 2.05) is 0 Å². The molecular formula is C9H10N2O3. The Kier molecular flexibility index (Phi) is 2.51. The van der Waals surface area contributed by atoms with Crippen LogP contribution in [0.25, 0.3) is 0 Å². The zero-order chi connectivity index (χ0) is 10.9. The predicted molar refractivity (Wildman–Crippen MR) is 52.3 cm³/mol. The van der Waals surface area contributed by atoms with E-state index in [4.69, 9.17) is 5.73 Å². The van der Waals surface area contributed by atoms with Crippen LogP contribution < -0.4 is 5.73 Å². The number of carbonyl (C=O) groups excluding carboxylic acids is 1. The number of carbonyl (C=O) groups is 1. The van der Waals surface area contributed by atoms with Crippen LogP contribution in [-0.2, 0) is 0 Å². The topological polar surface area (TPSA) is 86.2 Å². The number of hydrogen-bond acceptors (Lipinski definition) is 4. The molecular weight excluding hydrogens is 184 g/mol. The fraction of sp³-hybridized carbons (Fsp3) is 0.222. The second kappa shape index (κ2) is 3.45. The zero-order valence-electron chi connectivity index (χ0n) is 7.90. The van der Waals surface area contributed by atoms with E-state index < -0.39 is 10.7 Å². The van der Waals surface area contributed by atoms with Crippen molar-refractivity contribution in [3.8, 4) is 0 Å². The van der Waals surface area contributed by atoms with Crippen LogP contribution in [0.2, 0.25) is 0 Å². The van der Waals surface area contributed by atoms with Crippen LogP contribution in [0.5, 0.6) is 0 Å². The van der Waals surface area contributed by atoms with Gasteiger partial charge in [0.25, 0.3) is 5.69 Å². The molecule has 1 aromatic rings. The molecule has 1 aromatic carbocycles. The van der Waals surface area contributed by atoms with Crippen molar-refractivity contribution < 1.29 is 9.72 Å². The summed E-state index contributed by atoms with van der Waals surface area (Å²) in [5.74, 6) is -0.391. The van der Waals surface area contributed by atoms with E-state index in [0.29, 0.717) is 5.56 Å². The first-order valence-electron chi connectivity index (χ1n) is 3.99. The Bertz CT molecular complexity index is 413. The van der Waals surface area contributed by atoms with Gasteiger partial charge in [-0.1, -0.05) is 6.07 Å². The maximum absolute atomic E-state index is 11.2. The van der Waals surface area contributed by atoms with Gasteiger partial charge in [0.1, 0.15) is 5.56 Å². The van der Waals surface area contributed by atoms with Gasteiger partial charge in [-0.05, 0) is 19.4 Å². The van der Waals surface area contributed by atoms with Gasteiger partial charge in [-0.25, -0.2) is 0 Å². The summed E-state index contributed by atoms with van der Waals surface area (Å²) >= 11 is 0. The minimum atomic E-state index is -0.605. The molecule has 2 N–H and O–H groups in total. The van der Waals surface area contributed by atoms with E-state index in [-0.39, 0.29) is 16.9 Å². The molecule has 0 spiro atoms. The number of nitrogens with two attached hydrogens (primary N) is 1. The lowest BCUT2D eigenvalue weighted by Crippen LogP contribution is -2.06. The van der Waals surface area contributed by atoms with Crippen molar-refractivity contribution in [1.29, 1.82) is 0 Å². The molecule has 5 heteroatoms. The number of ketones is 1. The fourth-order valence-electron chi connectivity index (χ4n) is 1.23. The Hall–Kier alpha value is -1.91. The molecule has 0 unspecified atom stereocenters. The molecule has 0 amide bonds. The average Bonchev–Trinajstić information content (AvgIpc) is 2.08. The Labute approximate surface area is 80.7 Å². The largest absolute Gasteiger partial charge is 0.398 e. The molecule has 0 aromatic heterocycles. The normalized spacial score (nSPS) is 9.86. The molecule has 1 rings (SSSR count). The first-order valence-corrected chi connectivity index (χ1v) is 3.99. The van der Waals surface area contributed by atoms with Gasteiger partial charge >= 0.3 is 0 Å². The Balaban J connectivity index is 3.53. The second-order valence-electron chi connectivity index (χ2n) is 3.00. The van der Waals surface area contributed by atoms with Gasteiger partial charge in [0.2, 0.25) is 0 Å². The fourth-order valence-corrected chi connectivity index (χ4v) is 1.23. The molecule has 0 saturated carbocycles. The molecule has 0 fully saturated rings. The smallest absolute Gasteiger partial charge is 0.282 e. The Morgan fingerprint density at radius 1 is 1.50 bits per heavy atom. The van der Waals surface area contributed by atoms with Gasteiger partial charge in [-0.2, -0.15) is 0 Å². The van der Waals surface area contributed by atoms with Crippen molar-refractivity contribution in [2.24, 2.45) is 0 Å². The number of anilines is 1. The third-order valence-corrected chi connectivity index (χ3v) is 1.99. The van der Waals surface area contributed by atoms with Crippen molar-refractivity contribution in [3.63, 3.8) is 0 Å². The number of nitro groups is 1. The van der Waals surface area contributed by atoms with Crippen LogP contribution in [0.1, 0.15) is 22.8 Å². The number of nitro benzene ring substituents is 1. The highest BCUT2D eigenvalue weighted by Gasteiger charge is 2.20. The van der Waals surface area contributed by atoms with E-state index in [2.05, 4.69) is 0 Å². The molecule has 0 radical (unpaired) electrons. The molecule has 0 aliphatic rings. The summed E-state index contributed by atoms with van der Waals surface area (Å²) in [5.41, 5.74) is 6.21. The molecule has 0 bridgehead atoms. The average molecular weight is 194 g/mol. The summed E-state index contributed by atoms with van der Waals surface area (Å²) in [4.78, 5) is 21.1. The van der Waals surface area contributed by atoms with E-state index in [1.54, 1.807) is 6.92 Å². The number of nitrogens with zero attached hydrogens (tertiary/aromatic N) is 1. The lowest BCUT2D eigenvalue weighted by molar-refractivity contribution is -0.385. The van der Waals surface area contributed by atoms with Gasteiger partial charge < -0.3 is 5.73 Å². The second-order valence-corrected chi connectivity index (χ2v) is 3.00. The standard InChI is InChI=1S/C9H10N2O3/c1-5-3-4-7(11(13)14)8(6(2)12)9(5)10/h3-4H,10H2,1-2H3. The quantitative estimate of drug-likeness (QED) is 0.336. The third-order valence-electron chi connectivity index (χ3n) is 1.99. The van der Waals surface area contributed by atoms with Gasteiger partial charge in [0.05, 0.1) is 10.6 Å². The zero-order valence-corrected chi connectivity index (χ0v) is 7.90. The summed E-state index contributed by atoms with van der Waals surface area (Å²) < 4.78 is 0. The van der Waals surface area contributed by atoms with E-state index in [0.717, 1.165) is 0 Å². The number of aryl methyl sites for hydroxylation is 1. The number of rotatable bonds is 2. The van der Waals surface area contributed by atoms with Crippen LogP contribution in [0, 0.1) is 17.0 Å². The minimum absolute atomic E-state index is 0.00463. The van der Waals surface area contributed by atoms with Crippen LogP contribution in [0.15, 0.2) is 12.1 Å².